The summed E-state index contributed by atoms with van der Waals surface area (Å²) in [5.74, 6) is 0. The van der Waals surface area contributed by atoms with E-state index in [9.17, 15) is 0 Å². The quantitative estimate of drug-likeness (QED) is 0.615. The molecule has 0 aromatic rings. The van der Waals surface area contributed by atoms with Crippen LogP contribution >= 0.6 is 0 Å². The Morgan fingerprint density at radius 1 is 1.40 bits per heavy atom. The minimum atomic E-state index is 0.00444. The highest BCUT2D eigenvalue weighted by Crippen LogP contribution is 2.09. The van der Waals surface area contributed by atoms with Gasteiger partial charge in [0.15, 0.2) is 6.29 Å². The van der Waals surface area contributed by atoms with E-state index in [2.05, 4.69) is 6.92 Å². The molecule has 1 saturated heterocycles. The topological polar surface area (TPSA) is 44.5 Å². The summed E-state index contributed by atoms with van der Waals surface area (Å²) in [6.45, 7) is 3.40. The second kappa shape index (κ2) is 3.91. The molecule has 1 rings (SSSR count). The first-order valence-electron chi connectivity index (χ1n) is 3.81. The summed E-state index contributed by atoms with van der Waals surface area (Å²) < 4.78 is 10.6. The van der Waals surface area contributed by atoms with Gasteiger partial charge in [-0.15, -0.1) is 0 Å². The van der Waals surface area contributed by atoms with Crippen molar-refractivity contribution in [1.29, 1.82) is 0 Å². The van der Waals surface area contributed by atoms with Gasteiger partial charge in [0.25, 0.3) is 0 Å². The van der Waals surface area contributed by atoms with Gasteiger partial charge in [0, 0.05) is 0 Å². The summed E-state index contributed by atoms with van der Waals surface area (Å²) in [6.07, 6.45) is 2.08. The van der Waals surface area contributed by atoms with E-state index in [0.717, 1.165) is 12.8 Å². The van der Waals surface area contributed by atoms with E-state index in [4.69, 9.17) is 15.2 Å². The first-order chi connectivity index (χ1) is 4.83. The summed E-state index contributed by atoms with van der Waals surface area (Å²) in [5, 5.41) is 0. The van der Waals surface area contributed by atoms with Gasteiger partial charge in [-0.1, -0.05) is 13.3 Å². The van der Waals surface area contributed by atoms with E-state index in [-0.39, 0.29) is 12.3 Å². The summed E-state index contributed by atoms with van der Waals surface area (Å²) >= 11 is 0. The molecular formula is C7H15NO2. The lowest BCUT2D eigenvalue weighted by Crippen LogP contribution is -2.40. The van der Waals surface area contributed by atoms with E-state index < -0.39 is 0 Å². The summed E-state index contributed by atoms with van der Waals surface area (Å²) in [4.78, 5) is 0. The van der Waals surface area contributed by atoms with Crippen LogP contribution in [-0.4, -0.2) is 25.5 Å². The van der Waals surface area contributed by atoms with Crippen molar-refractivity contribution in [2.24, 2.45) is 5.73 Å². The number of hydrogen-bond donors (Lipinski definition) is 1. The molecule has 1 aliphatic heterocycles. The summed E-state index contributed by atoms with van der Waals surface area (Å²) in [5.41, 5.74) is 5.54. The molecule has 0 amide bonds. The average Bonchev–Trinajstić information content (AvgIpc) is 1.95. The molecule has 0 atom stereocenters. The minimum absolute atomic E-state index is 0.00444. The average molecular weight is 145 g/mol. The van der Waals surface area contributed by atoms with Crippen LogP contribution in [0.3, 0.4) is 0 Å². The third-order valence-corrected chi connectivity index (χ3v) is 1.52. The Morgan fingerprint density at radius 3 is 2.50 bits per heavy atom. The van der Waals surface area contributed by atoms with Crippen molar-refractivity contribution in [2.75, 3.05) is 13.2 Å². The number of nitrogens with two attached hydrogens (primary N) is 1. The SMILES string of the molecule is CCCC1OCC(N)CO1. The standard InChI is InChI=1S/C7H15NO2/c1-2-3-7-9-4-6(8)5-10-7/h6-7H,2-5,8H2,1H3. The minimum Gasteiger partial charge on any atom is -0.351 e. The Balaban J connectivity index is 2.13. The Kier molecular flexibility index (Phi) is 3.12. The highest BCUT2D eigenvalue weighted by Gasteiger charge is 2.17. The molecule has 0 bridgehead atoms. The molecule has 1 aliphatic rings. The number of ether oxygens (including phenoxy) is 2. The van der Waals surface area contributed by atoms with Gasteiger partial charge in [-0.3, -0.25) is 0 Å². The zero-order valence-corrected chi connectivity index (χ0v) is 6.38. The van der Waals surface area contributed by atoms with Gasteiger partial charge in [-0.25, -0.2) is 0 Å². The van der Waals surface area contributed by atoms with Crippen molar-refractivity contribution in [1.82, 2.24) is 0 Å². The second-order valence-corrected chi connectivity index (χ2v) is 2.64. The largest absolute Gasteiger partial charge is 0.351 e. The molecule has 3 heteroatoms. The van der Waals surface area contributed by atoms with Crippen molar-refractivity contribution in [2.45, 2.75) is 32.1 Å². The second-order valence-electron chi connectivity index (χ2n) is 2.64. The van der Waals surface area contributed by atoms with Gasteiger partial charge in [0.05, 0.1) is 19.3 Å². The predicted octanol–water partition coefficient (Wildman–Crippen LogP) is 0.487. The molecule has 3 nitrogen and oxygen atoms in total. The smallest absolute Gasteiger partial charge is 0.157 e. The molecule has 1 heterocycles. The maximum absolute atomic E-state index is 5.54. The van der Waals surface area contributed by atoms with Crippen LogP contribution in [0.25, 0.3) is 0 Å². The van der Waals surface area contributed by atoms with Gasteiger partial charge in [0.1, 0.15) is 0 Å². The third-order valence-electron chi connectivity index (χ3n) is 1.52. The molecule has 1 fully saturated rings. The Labute approximate surface area is 61.5 Å². The van der Waals surface area contributed by atoms with E-state index >= 15 is 0 Å². The van der Waals surface area contributed by atoms with E-state index in [0.29, 0.717) is 13.2 Å². The highest BCUT2D eigenvalue weighted by molar-refractivity contribution is 4.63. The fourth-order valence-corrected chi connectivity index (χ4v) is 0.960. The van der Waals surface area contributed by atoms with Crippen LogP contribution in [0.4, 0.5) is 0 Å². The lowest BCUT2D eigenvalue weighted by Gasteiger charge is -2.26. The highest BCUT2D eigenvalue weighted by atomic mass is 16.7. The zero-order valence-electron chi connectivity index (χ0n) is 6.38. The van der Waals surface area contributed by atoms with Crippen molar-refractivity contribution < 1.29 is 9.47 Å². The van der Waals surface area contributed by atoms with Crippen LogP contribution in [-0.2, 0) is 9.47 Å². The van der Waals surface area contributed by atoms with Crippen LogP contribution in [0, 0.1) is 0 Å². The predicted molar refractivity (Wildman–Crippen MR) is 38.6 cm³/mol. The molecule has 10 heavy (non-hydrogen) atoms. The van der Waals surface area contributed by atoms with Gasteiger partial charge in [0.2, 0.25) is 0 Å². The van der Waals surface area contributed by atoms with Crippen LogP contribution in [0.2, 0.25) is 0 Å². The van der Waals surface area contributed by atoms with Crippen LogP contribution < -0.4 is 5.73 Å². The number of hydrogen-bond acceptors (Lipinski definition) is 3. The fourth-order valence-electron chi connectivity index (χ4n) is 0.960. The fraction of sp³-hybridized carbons (Fsp3) is 1.00. The molecular weight excluding hydrogens is 130 g/mol. The van der Waals surface area contributed by atoms with Crippen molar-refractivity contribution >= 4 is 0 Å². The van der Waals surface area contributed by atoms with E-state index in [1.807, 2.05) is 0 Å². The van der Waals surface area contributed by atoms with E-state index in [1.54, 1.807) is 0 Å². The maximum atomic E-state index is 5.54. The summed E-state index contributed by atoms with van der Waals surface area (Å²) in [7, 11) is 0. The normalized spacial score (nSPS) is 34.2. The van der Waals surface area contributed by atoms with Gasteiger partial charge < -0.3 is 15.2 Å². The van der Waals surface area contributed by atoms with Crippen molar-refractivity contribution in [3.63, 3.8) is 0 Å². The first-order valence-corrected chi connectivity index (χ1v) is 3.81. The molecule has 0 aromatic heterocycles. The lowest BCUT2D eigenvalue weighted by atomic mass is 10.3. The molecule has 0 aromatic carbocycles. The Bertz CT molecular complexity index is 89.6. The Morgan fingerprint density at radius 2 is 2.00 bits per heavy atom. The molecule has 0 radical (unpaired) electrons. The zero-order chi connectivity index (χ0) is 7.40. The Hall–Kier alpha value is -0.120. The van der Waals surface area contributed by atoms with E-state index in [1.165, 1.54) is 0 Å². The first kappa shape index (κ1) is 7.98. The van der Waals surface area contributed by atoms with Crippen molar-refractivity contribution in [3.05, 3.63) is 0 Å². The van der Waals surface area contributed by atoms with Crippen LogP contribution in [0.5, 0.6) is 0 Å². The third kappa shape index (κ3) is 2.25. The molecule has 0 saturated carbocycles. The van der Waals surface area contributed by atoms with Crippen LogP contribution in [0.1, 0.15) is 19.8 Å². The van der Waals surface area contributed by atoms with Gasteiger partial charge in [-0.2, -0.15) is 0 Å². The monoisotopic (exact) mass is 145 g/mol. The maximum Gasteiger partial charge on any atom is 0.157 e. The molecule has 60 valence electrons. The van der Waals surface area contributed by atoms with Gasteiger partial charge >= 0.3 is 0 Å². The number of rotatable bonds is 2. The molecule has 0 aliphatic carbocycles. The van der Waals surface area contributed by atoms with Gasteiger partial charge in [-0.05, 0) is 6.42 Å². The van der Waals surface area contributed by atoms with Crippen LogP contribution in [0.15, 0.2) is 0 Å². The van der Waals surface area contributed by atoms with Crippen molar-refractivity contribution in [3.8, 4) is 0 Å². The lowest BCUT2D eigenvalue weighted by molar-refractivity contribution is -0.187. The molecule has 0 spiro atoms. The molecule has 0 unspecified atom stereocenters. The summed E-state index contributed by atoms with van der Waals surface area (Å²) in [6, 6.07) is 0.0770. The molecule has 2 N–H and O–H groups in total.